The number of hydrogen-bond donors (Lipinski definition) is 0. The van der Waals surface area contributed by atoms with Crippen LogP contribution in [-0.2, 0) is 6.42 Å². The Kier molecular flexibility index (Phi) is 5.15. The van der Waals surface area contributed by atoms with E-state index < -0.39 is 0 Å². The number of carbonyl (C=O) groups excluding carboxylic acids is 1. The van der Waals surface area contributed by atoms with Crippen molar-refractivity contribution in [3.63, 3.8) is 0 Å². The Morgan fingerprint density at radius 2 is 1.62 bits per heavy atom. The molecule has 2 rings (SSSR count). The summed E-state index contributed by atoms with van der Waals surface area (Å²) in [5.41, 5.74) is 3.20. The zero-order chi connectivity index (χ0) is 15.2. The monoisotopic (exact) mass is 282 g/mol. The Bertz CT molecular complexity index is 580. The van der Waals surface area contributed by atoms with E-state index in [-0.39, 0.29) is 12.4 Å². The van der Waals surface area contributed by atoms with Gasteiger partial charge in [-0.05, 0) is 35.6 Å². The van der Waals surface area contributed by atoms with Gasteiger partial charge in [0.25, 0.3) is 0 Å². The summed E-state index contributed by atoms with van der Waals surface area (Å²) in [5, 5.41) is 0. The highest BCUT2D eigenvalue weighted by Gasteiger charge is 2.07. The Labute approximate surface area is 126 Å². The van der Waals surface area contributed by atoms with E-state index in [9.17, 15) is 4.79 Å². The van der Waals surface area contributed by atoms with Crippen molar-refractivity contribution >= 4 is 5.78 Å². The molecule has 0 N–H and O–H groups in total. The van der Waals surface area contributed by atoms with Crippen LogP contribution in [0.5, 0.6) is 5.75 Å². The molecule has 0 saturated heterocycles. The fraction of sp³-hybridized carbons (Fsp3) is 0.316. The third-order valence-electron chi connectivity index (χ3n) is 3.60. The fourth-order valence-electron chi connectivity index (χ4n) is 2.11. The Morgan fingerprint density at radius 3 is 2.14 bits per heavy atom. The summed E-state index contributed by atoms with van der Waals surface area (Å²) in [4.78, 5) is 12.1. The molecule has 0 bridgehead atoms. The van der Waals surface area contributed by atoms with Crippen LogP contribution >= 0.6 is 0 Å². The molecule has 21 heavy (non-hydrogen) atoms. The maximum Gasteiger partial charge on any atom is 0.200 e. The Hall–Kier alpha value is -2.09. The summed E-state index contributed by atoms with van der Waals surface area (Å²) in [6, 6.07) is 15.6. The molecule has 0 aromatic heterocycles. The minimum Gasteiger partial charge on any atom is -0.485 e. The van der Waals surface area contributed by atoms with Crippen LogP contribution in [0.2, 0.25) is 0 Å². The number of hydrogen-bond acceptors (Lipinski definition) is 2. The zero-order valence-electron chi connectivity index (χ0n) is 12.9. The van der Waals surface area contributed by atoms with Crippen molar-refractivity contribution in [1.82, 2.24) is 0 Å². The molecule has 0 aliphatic carbocycles. The molecule has 0 amide bonds. The molecule has 0 fully saturated rings. The van der Waals surface area contributed by atoms with Gasteiger partial charge in [0.05, 0.1) is 0 Å². The predicted octanol–water partition coefficient (Wildman–Crippen LogP) is 4.63. The quantitative estimate of drug-likeness (QED) is 0.722. The van der Waals surface area contributed by atoms with E-state index in [1.54, 1.807) is 0 Å². The Balaban J connectivity index is 1.93. The van der Waals surface area contributed by atoms with Gasteiger partial charge in [0.2, 0.25) is 0 Å². The van der Waals surface area contributed by atoms with Crippen molar-refractivity contribution in [2.75, 3.05) is 6.61 Å². The Morgan fingerprint density at radius 1 is 1.00 bits per heavy atom. The van der Waals surface area contributed by atoms with Gasteiger partial charge < -0.3 is 4.74 Å². The molecule has 110 valence electrons. The largest absolute Gasteiger partial charge is 0.485 e. The third-order valence-corrected chi connectivity index (χ3v) is 3.60. The molecule has 2 heteroatoms. The van der Waals surface area contributed by atoms with E-state index in [0.717, 1.165) is 12.2 Å². The van der Waals surface area contributed by atoms with Gasteiger partial charge in [-0.3, -0.25) is 4.79 Å². The number of rotatable bonds is 6. The predicted molar refractivity (Wildman–Crippen MR) is 86.2 cm³/mol. The molecular formula is C19H22O2. The molecule has 0 heterocycles. The lowest BCUT2D eigenvalue weighted by molar-refractivity contribution is 0.0921. The maximum absolute atomic E-state index is 12.1. The van der Waals surface area contributed by atoms with Crippen LogP contribution in [0.25, 0.3) is 0 Å². The molecule has 2 aromatic carbocycles. The minimum absolute atomic E-state index is 0.00518. The molecule has 2 aromatic rings. The highest BCUT2D eigenvalue weighted by Crippen LogP contribution is 2.18. The lowest BCUT2D eigenvalue weighted by atomic mass is 10.0. The summed E-state index contributed by atoms with van der Waals surface area (Å²) >= 11 is 0. The number of aryl methyl sites for hydroxylation is 1. The topological polar surface area (TPSA) is 26.3 Å². The average molecular weight is 282 g/mol. The number of ketones is 1. The summed E-state index contributed by atoms with van der Waals surface area (Å²) < 4.78 is 5.56. The van der Waals surface area contributed by atoms with Crippen LogP contribution in [0.1, 0.15) is 48.2 Å². The maximum atomic E-state index is 12.1. The smallest absolute Gasteiger partial charge is 0.200 e. The van der Waals surface area contributed by atoms with E-state index >= 15 is 0 Å². The molecular weight excluding hydrogens is 260 g/mol. The average Bonchev–Trinajstić information content (AvgIpc) is 2.53. The molecule has 0 atom stereocenters. The van der Waals surface area contributed by atoms with Crippen LogP contribution in [0.15, 0.2) is 48.5 Å². The first-order valence-corrected chi connectivity index (χ1v) is 7.45. The van der Waals surface area contributed by atoms with Crippen molar-refractivity contribution in [2.24, 2.45) is 0 Å². The highest BCUT2D eigenvalue weighted by molar-refractivity contribution is 5.97. The first-order chi connectivity index (χ1) is 10.1. The number of benzene rings is 2. The van der Waals surface area contributed by atoms with Crippen LogP contribution in [0.4, 0.5) is 0 Å². The highest BCUT2D eigenvalue weighted by atomic mass is 16.5. The van der Waals surface area contributed by atoms with Gasteiger partial charge in [0.1, 0.15) is 5.75 Å². The second-order valence-electron chi connectivity index (χ2n) is 5.49. The van der Waals surface area contributed by atoms with Crippen molar-refractivity contribution in [1.29, 1.82) is 0 Å². The second-order valence-corrected chi connectivity index (χ2v) is 5.49. The molecule has 0 unspecified atom stereocenters. The van der Waals surface area contributed by atoms with Crippen LogP contribution in [0, 0.1) is 0 Å². The number of carbonyl (C=O) groups is 1. The normalized spacial score (nSPS) is 10.7. The van der Waals surface area contributed by atoms with Gasteiger partial charge in [-0.15, -0.1) is 0 Å². The van der Waals surface area contributed by atoms with Crippen molar-refractivity contribution < 1.29 is 9.53 Å². The van der Waals surface area contributed by atoms with Gasteiger partial charge in [0.15, 0.2) is 12.4 Å². The molecule has 0 spiro atoms. The van der Waals surface area contributed by atoms with E-state index in [1.165, 1.54) is 11.1 Å². The first-order valence-electron chi connectivity index (χ1n) is 7.45. The van der Waals surface area contributed by atoms with Gasteiger partial charge in [-0.1, -0.05) is 57.2 Å². The van der Waals surface area contributed by atoms with Gasteiger partial charge in [-0.25, -0.2) is 0 Å². The summed E-state index contributed by atoms with van der Waals surface area (Å²) in [5.74, 6) is 1.24. The summed E-state index contributed by atoms with van der Waals surface area (Å²) in [6.07, 6.45) is 0.979. The van der Waals surface area contributed by atoms with Gasteiger partial charge in [-0.2, -0.15) is 0 Å². The van der Waals surface area contributed by atoms with Crippen LogP contribution < -0.4 is 4.74 Å². The van der Waals surface area contributed by atoms with Crippen LogP contribution in [-0.4, -0.2) is 12.4 Å². The third kappa shape index (κ3) is 4.19. The van der Waals surface area contributed by atoms with Gasteiger partial charge >= 0.3 is 0 Å². The second kappa shape index (κ2) is 7.07. The first kappa shape index (κ1) is 15.3. The van der Waals surface area contributed by atoms with E-state index in [0.29, 0.717) is 11.5 Å². The van der Waals surface area contributed by atoms with Crippen molar-refractivity contribution in [3.05, 3.63) is 65.2 Å². The SMILES string of the molecule is CCc1ccc(C(=O)COc2ccc(C(C)C)cc2)cc1. The van der Waals surface area contributed by atoms with Crippen molar-refractivity contribution in [3.8, 4) is 5.75 Å². The molecule has 0 aliphatic heterocycles. The molecule has 0 radical (unpaired) electrons. The number of ether oxygens (including phenoxy) is 1. The van der Waals surface area contributed by atoms with E-state index in [4.69, 9.17) is 4.74 Å². The van der Waals surface area contributed by atoms with Gasteiger partial charge in [0, 0.05) is 5.56 Å². The minimum atomic E-state index is 0.00518. The molecule has 0 saturated carbocycles. The van der Waals surface area contributed by atoms with E-state index in [1.807, 2.05) is 48.5 Å². The zero-order valence-corrected chi connectivity index (χ0v) is 12.9. The summed E-state index contributed by atoms with van der Waals surface area (Å²) in [7, 11) is 0. The molecule has 2 nitrogen and oxygen atoms in total. The summed E-state index contributed by atoms with van der Waals surface area (Å²) in [6.45, 7) is 6.48. The fourth-order valence-corrected chi connectivity index (χ4v) is 2.11. The van der Waals surface area contributed by atoms with Crippen molar-refractivity contribution in [2.45, 2.75) is 33.1 Å². The number of Topliss-reactive ketones (excluding diaryl/α,β-unsaturated/α-hetero) is 1. The molecule has 0 aliphatic rings. The lowest BCUT2D eigenvalue weighted by Gasteiger charge is -2.08. The standard InChI is InChI=1S/C19H22O2/c1-4-15-5-7-17(8-6-15)19(20)13-21-18-11-9-16(10-12-18)14(2)3/h5-12,14H,4,13H2,1-3H3. The van der Waals surface area contributed by atoms with E-state index in [2.05, 4.69) is 20.8 Å². The van der Waals surface area contributed by atoms with Crippen LogP contribution in [0.3, 0.4) is 0 Å². The lowest BCUT2D eigenvalue weighted by Crippen LogP contribution is -2.11.